The van der Waals surface area contributed by atoms with E-state index in [1.165, 1.54) is 6.42 Å². The van der Waals surface area contributed by atoms with Gasteiger partial charge in [0.2, 0.25) is 0 Å². The number of aromatic amines is 1. The predicted molar refractivity (Wildman–Crippen MR) is 92.9 cm³/mol. The van der Waals surface area contributed by atoms with E-state index in [0.29, 0.717) is 17.9 Å². The zero-order chi connectivity index (χ0) is 16.0. The normalized spacial score (nSPS) is 27.2. The van der Waals surface area contributed by atoms with Gasteiger partial charge in [0.15, 0.2) is 0 Å². The Balaban J connectivity index is 1.53. The minimum absolute atomic E-state index is 0.0888. The number of carbonyl (C=O) groups excluding carboxylic acids is 1. The van der Waals surface area contributed by atoms with Gasteiger partial charge < -0.3 is 14.8 Å². The van der Waals surface area contributed by atoms with Crippen molar-refractivity contribution in [1.29, 1.82) is 0 Å². The van der Waals surface area contributed by atoms with Crippen LogP contribution in [0.2, 0.25) is 0 Å². The highest BCUT2D eigenvalue weighted by Gasteiger charge is 2.40. The second kappa shape index (κ2) is 5.70. The molecular weight excluding hydrogens is 310 g/mol. The summed E-state index contributed by atoms with van der Waals surface area (Å²) in [6.45, 7) is 1.72. The maximum atomic E-state index is 11.5. The quantitative estimate of drug-likeness (QED) is 0.830. The molecule has 23 heavy (non-hydrogen) atoms. The van der Waals surface area contributed by atoms with E-state index in [-0.39, 0.29) is 5.24 Å². The SMILES string of the molecule is CN(c1ncnc2[nH]ccc12)C1CCC2CN(C(=O)S)CC2C1. The van der Waals surface area contributed by atoms with Gasteiger partial charge in [0.05, 0.1) is 5.39 Å². The summed E-state index contributed by atoms with van der Waals surface area (Å²) in [7, 11) is 2.12. The van der Waals surface area contributed by atoms with Crippen LogP contribution in [0.5, 0.6) is 0 Å². The molecule has 3 unspecified atom stereocenters. The molecule has 0 radical (unpaired) electrons. The van der Waals surface area contributed by atoms with E-state index in [0.717, 1.165) is 42.8 Å². The van der Waals surface area contributed by atoms with E-state index in [4.69, 9.17) is 0 Å². The van der Waals surface area contributed by atoms with Crippen LogP contribution < -0.4 is 4.90 Å². The number of H-pyrrole nitrogens is 1. The van der Waals surface area contributed by atoms with Gasteiger partial charge >= 0.3 is 0 Å². The Hall–Kier alpha value is -1.76. The minimum atomic E-state index is -0.0888. The van der Waals surface area contributed by atoms with Crippen LogP contribution in [-0.4, -0.2) is 51.3 Å². The first kappa shape index (κ1) is 14.8. The Morgan fingerprint density at radius 2 is 2.17 bits per heavy atom. The summed E-state index contributed by atoms with van der Waals surface area (Å²) in [5.41, 5.74) is 0.878. The lowest BCUT2D eigenvalue weighted by atomic mass is 9.78. The molecule has 1 saturated heterocycles. The molecule has 1 aliphatic heterocycles. The third-order valence-corrected chi connectivity index (χ3v) is 5.79. The number of nitrogens with zero attached hydrogens (tertiary/aromatic N) is 4. The first-order valence-electron chi connectivity index (χ1n) is 8.12. The molecule has 2 aromatic rings. The molecule has 1 N–H and O–H groups in total. The van der Waals surface area contributed by atoms with Crippen molar-refractivity contribution in [3.05, 3.63) is 18.6 Å². The van der Waals surface area contributed by atoms with Gasteiger partial charge in [-0.15, -0.1) is 0 Å². The molecule has 3 atom stereocenters. The van der Waals surface area contributed by atoms with Crippen LogP contribution in [0.1, 0.15) is 19.3 Å². The van der Waals surface area contributed by atoms with Gasteiger partial charge in [-0.05, 0) is 37.2 Å². The lowest BCUT2D eigenvalue weighted by molar-refractivity contribution is 0.231. The number of amides is 1. The number of thiol groups is 1. The highest BCUT2D eigenvalue weighted by molar-refractivity contribution is 7.96. The van der Waals surface area contributed by atoms with Crippen molar-refractivity contribution in [2.75, 3.05) is 25.0 Å². The first-order valence-corrected chi connectivity index (χ1v) is 8.57. The molecule has 0 aromatic carbocycles. The van der Waals surface area contributed by atoms with E-state index < -0.39 is 0 Å². The number of likely N-dealkylation sites (tertiary alicyclic amines) is 1. The third kappa shape index (κ3) is 2.56. The van der Waals surface area contributed by atoms with Crippen LogP contribution in [0.15, 0.2) is 18.6 Å². The second-order valence-electron chi connectivity index (χ2n) is 6.72. The summed E-state index contributed by atoms with van der Waals surface area (Å²) in [5.74, 6) is 2.20. The lowest BCUT2D eigenvalue weighted by Crippen LogP contribution is -2.39. The Morgan fingerprint density at radius 1 is 1.35 bits per heavy atom. The number of anilines is 1. The molecule has 122 valence electrons. The minimum Gasteiger partial charge on any atom is -0.356 e. The molecule has 0 spiro atoms. The Labute approximate surface area is 140 Å². The molecule has 2 fully saturated rings. The molecule has 2 aromatic heterocycles. The van der Waals surface area contributed by atoms with Crippen molar-refractivity contribution >= 4 is 34.7 Å². The van der Waals surface area contributed by atoms with Crippen LogP contribution in [0.3, 0.4) is 0 Å². The maximum Gasteiger partial charge on any atom is 0.278 e. The zero-order valence-electron chi connectivity index (χ0n) is 13.1. The van der Waals surface area contributed by atoms with Gasteiger partial charge in [-0.2, -0.15) is 0 Å². The Bertz CT molecular complexity index is 732. The summed E-state index contributed by atoms with van der Waals surface area (Å²) in [5, 5.41) is 0.977. The Kier molecular flexibility index (Phi) is 3.67. The van der Waals surface area contributed by atoms with Gasteiger partial charge in [-0.25, -0.2) is 9.97 Å². The fraction of sp³-hybridized carbons (Fsp3) is 0.562. The van der Waals surface area contributed by atoms with Crippen LogP contribution in [0.4, 0.5) is 10.6 Å². The first-order chi connectivity index (χ1) is 11.1. The van der Waals surface area contributed by atoms with Crippen LogP contribution in [0.25, 0.3) is 11.0 Å². The largest absolute Gasteiger partial charge is 0.356 e. The van der Waals surface area contributed by atoms with Crippen molar-refractivity contribution in [1.82, 2.24) is 19.9 Å². The number of hydrogen-bond donors (Lipinski definition) is 2. The summed E-state index contributed by atoms with van der Waals surface area (Å²) < 4.78 is 0. The van der Waals surface area contributed by atoms with Crippen LogP contribution in [0, 0.1) is 11.8 Å². The van der Waals surface area contributed by atoms with Crippen LogP contribution >= 0.6 is 12.6 Å². The number of carbonyl (C=O) groups is 1. The number of fused-ring (bicyclic) bond motifs is 2. The second-order valence-corrected chi connectivity index (χ2v) is 7.11. The summed E-state index contributed by atoms with van der Waals surface area (Å²) >= 11 is 3.98. The van der Waals surface area contributed by atoms with Gasteiger partial charge in [-0.1, -0.05) is 12.6 Å². The fourth-order valence-electron chi connectivity index (χ4n) is 4.23. The zero-order valence-corrected chi connectivity index (χ0v) is 14.0. The van der Waals surface area contributed by atoms with Crippen molar-refractivity contribution in [2.45, 2.75) is 25.3 Å². The van der Waals surface area contributed by atoms with Gasteiger partial charge in [-0.3, -0.25) is 4.79 Å². The highest BCUT2D eigenvalue weighted by atomic mass is 32.1. The molecular formula is C16H21N5OS. The number of aromatic nitrogens is 3. The third-order valence-electron chi connectivity index (χ3n) is 5.51. The molecule has 4 rings (SSSR count). The van der Waals surface area contributed by atoms with E-state index in [9.17, 15) is 4.79 Å². The molecule has 6 nitrogen and oxygen atoms in total. The molecule has 1 saturated carbocycles. The van der Waals surface area contributed by atoms with E-state index in [1.807, 2.05) is 17.2 Å². The molecule has 7 heteroatoms. The number of nitrogens with one attached hydrogen (secondary N) is 1. The van der Waals surface area contributed by atoms with Crippen molar-refractivity contribution in [2.24, 2.45) is 11.8 Å². The molecule has 0 bridgehead atoms. The lowest BCUT2D eigenvalue weighted by Gasteiger charge is -2.37. The molecule has 1 amide bonds. The molecule has 1 aliphatic carbocycles. The monoisotopic (exact) mass is 331 g/mol. The smallest absolute Gasteiger partial charge is 0.278 e. The van der Waals surface area contributed by atoms with Gasteiger partial charge in [0, 0.05) is 32.4 Å². The molecule has 3 heterocycles. The summed E-state index contributed by atoms with van der Waals surface area (Å²) in [4.78, 5) is 27.6. The fourth-order valence-corrected chi connectivity index (χ4v) is 4.39. The average molecular weight is 331 g/mol. The topological polar surface area (TPSA) is 65.1 Å². The Morgan fingerprint density at radius 3 is 3.00 bits per heavy atom. The average Bonchev–Trinajstić information content (AvgIpc) is 3.19. The maximum absolute atomic E-state index is 11.5. The van der Waals surface area contributed by atoms with Crippen LogP contribution in [-0.2, 0) is 0 Å². The van der Waals surface area contributed by atoms with E-state index in [1.54, 1.807) is 6.33 Å². The summed E-state index contributed by atoms with van der Waals surface area (Å²) in [6, 6.07) is 2.49. The number of rotatable bonds is 2. The van der Waals surface area contributed by atoms with Crippen molar-refractivity contribution in [3.63, 3.8) is 0 Å². The van der Waals surface area contributed by atoms with Crippen molar-refractivity contribution < 1.29 is 4.79 Å². The molecule has 2 aliphatic rings. The summed E-state index contributed by atoms with van der Waals surface area (Å²) in [6.07, 6.45) is 6.93. The standard InChI is InChI=1S/C16H21N5OS/c1-20(15-13-4-5-17-14(13)18-9-19-15)12-3-2-10-7-21(16(22)23)8-11(10)6-12/h4-5,9-12H,2-3,6-8H2,1H3,(H,22,23)(H,17,18,19). The van der Waals surface area contributed by atoms with Gasteiger partial charge in [0.25, 0.3) is 5.24 Å². The number of hydrogen-bond acceptors (Lipinski definition) is 4. The van der Waals surface area contributed by atoms with E-state index >= 15 is 0 Å². The van der Waals surface area contributed by atoms with Gasteiger partial charge in [0.1, 0.15) is 17.8 Å². The highest BCUT2D eigenvalue weighted by Crippen LogP contribution is 2.39. The predicted octanol–water partition coefficient (Wildman–Crippen LogP) is 2.54. The van der Waals surface area contributed by atoms with Crippen molar-refractivity contribution in [3.8, 4) is 0 Å². The van der Waals surface area contributed by atoms with E-state index in [2.05, 4.69) is 39.5 Å².